The highest BCUT2D eigenvalue weighted by molar-refractivity contribution is 6.14. The van der Waals surface area contributed by atoms with Crippen molar-refractivity contribution in [3.8, 4) is 39.9 Å². The summed E-state index contributed by atoms with van der Waals surface area (Å²) < 4.78 is 12.7. The minimum absolute atomic E-state index is 0.536. The van der Waals surface area contributed by atoms with Crippen LogP contribution in [0.2, 0.25) is 0 Å². The molecule has 2 aromatic heterocycles. The maximum Gasteiger partial charge on any atom is 0.165 e. The molecule has 0 spiro atoms. The van der Waals surface area contributed by atoms with Gasteiger partial charge in [-0.2, -0.15) is 0 Å². The van der Waals surface area contributed by atoms with Crippen LogP contribution in [-0.2, 0) is 12.8 Å². The maximum atomic E-state index is 6.44. The van der Waals surface area contributed by atoms with E-state index in [9.17, 15) is 0 Å². The summed E-state index contributed by atoms with van der Waals surface area (Å²) in [5, 5.41) is 1.92. The molecule has 0 radical (unpaired) electrons. The number of aryl methyl sites for hydroxylation is 1. The van der Waals surface area contributed by atoms with Crippen molar-refractivity contribution in [1.29, 1.82) is 0 Å². The molecule has 0 bridgehead atoms. The standard InChI is InChI=1S/C50H41N3O2/c1-4-16-34(2)17-7-5-8-18-36-27-29-39(30-28-36)49-51-48(38-20-9-6-10-21-38)52-50(53-49)47-41(31-32-45-46(47)42-24-12-14-26-44(42)55-45)40-23-15-22-37-19-11-13-25-43(37)54-35(3)33-40/h4,6-7,9-17,19-21,23-33H,2-3,5,8,18,22H2,1H3/b16-4-,17-7-,23-15-,40-33+. The summed E-state index contributed by atoms with van der Waals surface area (Å²) in [5.74, 6) is 3.08. The number of hydrogen-bond donors (Lipinski definition) is 0. The first-order valence-electron chi connectivity index (χ1n) is 18.7. The Hall–Kier alpha value is -6.85. The Balaban J connectivity index is 1.25. The van der Waals surface area contributed by atoms with Crippen LogP contribution < -0.4 is 4.74 Å². The number of nitrogens with zero attached hydrogens (tertiary/aromatic N) is 3. The molecule has 55 heavy (non-hydrogen) atoms. The van der Waals surface area contributed by atoms with Crippen molar-refractivity contribution in [1.82, 2.24) is 15.0 Å². The first kappa shape index (κ1) is 35.2. The van der Waals surface area contributed by atoms with E-state index in [0.717, 1.165) is 85.9 Å². The number of allylic oxidation sites excluding steroid dienone is 9. The number of unbranched alkanes of at least 4 members (excludes halogenated alkanes) is 1. The first-order valence-corrected chi connectivity index (χ1v) is 18.7. The SMILES string of the molecule is C=C(/C=C\C)/C=C\CCCc1ccc(-c2nc(-c3ccccc3)nc(-c3c(C4=C/C(=C)Oc5ccccc5C/C=C\4)ccc4oc5ccccc5c34)n2)cc1. The van der Waals surface area contributed by atoms with Gasteiger partial charge >= 0.3 is 0 Å². The van der Waals surface area contributed by atoms with Gasteiger partial charge in [-0.3, -0.25) is 0 Å². The van der Waals surface area contributed by atoms with E-state index < -0.39 is 0 Å². The van der Waals surface area contributed by atoms with E-state index in [-0.39, 0.29) is 0 Å². The van der Waals surface area contributed by atoms with Crippen molar-refractivity contribution in [3.05, 3.63) is 199 Å². The van der Waals surface area contributed by atoms with Crippen LogP contribution in [0.5, 0.6) is 5.75 Å². The fourth-order valence-corrected chi connectivity index (χ4v) is 7.02. The maximum absolute atomic E-state index is 6.44. The van der Waals surface area contributed by atoms with Crippen molar-refractivity contribution < 1.29 is 9.15 Å². The smallest absolute Gasteiger partial charge is 0.165 e. The normalized spacial score (nSPS) is 14.6. The summed E-state index contributed by atoms with van der Waals surface area (Å²) in [7, 11) is 0. The van der Waals surface area contributed by atoms with E-state index in [0.29, 0.717) is 29.7 Å². The van der Waals surface area contributed by atoms with Gasteiger partial charge in [-0.1, -0.05) is 141 Å². The second kappa shape index (κ2) is 16.0. The number of fused-ring (bicyclic) bond motifs is 4. The molecule has 7 aromatic rings. The van der Waals surface area contributed by atoms with Crippen LogP contribution in [0, 0.1) is 0 Å². The number of benzene rings is 5. The number of aromatic nitrogens is 3. The molecular weight excluding hydrogens is 675 g/mol. The van der Waals surface area contributed by atoms with Crippen molar-refractivity contribution >= 4 is 27.5 Å². The van der Waals surface area contributed by atoms with Gasteiger partial charge in [-0.25, -0.2) is 15.0 Å². The van der Waals surface area contributed by atoms with Gasteiger partial charge in [-0.15, -0.1) is 0 Å². The minimum atomic E-state index is 0.536. The van der Waals surface area contributed by atoms with E-state index in [1.807, 2.05) is 97.9 Å². The summed E-state index contributed by atoms with van der Waals surface area (Å²) >= 11 is 0. The lowest BCUT2D eigenvalue weighted by atomic mass is 9.93. The number of para-hydroxylation sites is 2. The third-order valence-electron chi connectivity index (χ3n) is 9.67. The zero-order valence-electron chi connectivity index (χ0n) is 30.9. The van der Waals surface area contributed by atoms with E-state index in [2.05, 4.69) is 79.9 Å². The van der Waals surface area contributed by atoms with E-state index in [4.69, 9.17) is 24.1 Å². The Morgan fingerprint density at radius 2 is 1.47 bits per heavy atom. The minimum Gasteiger partial charge on any atom is -0.458 e. The zero-order chi connectivity index (χ0) is 37.6. The third kappa shape index (κ3) is 7.78. The highest BCUT2D eigenvalue weighted by Crippen LogP contribution is 2.42. The Morgan fingerprint density at radius 1 is 0.745 bits per heavy atom. The molecule has 0 saturated heterocycles. The molecule has 0 unspecified atom stereocenters. The molecule has 5 heteroatoms. The largest absolute Gasteiger partial charge is 0.458 e. The predicted octanol–water partition coefficient (Wildman–Crippen LogP) is 12.9. The van der Waals surface area contributed by atoms with Gasteiger partial charge in [-0.05, 0) is 90.8 Å². The quantitative estimate of drug-likeness (QED) is 0.104. The van der Waals surface area contributed by atoms with Crippen molar-refractivity contribution in [2.75, 3.05) is 0 Å². The fourth-order valence-electron chi connectivity index (χ4n) is 7.02. The van der Waals surface area contributed by atoms with Crippen LogP contribution >= 0.6 is 0 Å². The van der Waals surface area contributed by atoms with Gasteiger partial charge in [0, 0.05) is 27.5 Å². The van der Waals surface area contributed by atoms with Gasteiger partial charge in [0.05, 0.1) is 0 Å². The molecule has 5 nitrogen and oxygen atoms in total. The molecule has 8 rings (SSSR count). The Morgan fingerprint density at radius 3 is 2.29 bits per heavy atom. The number of rotatable bonds is 10. The third-order valence-corrected chi connectivity index (χ3v) is 9.67. The van der Waals surface area contributed by atoms with Crippen molar-refractivity contribution in [2.45, 2.75) is 32.6 Å². The van der Waals surface area contributed by atoms with Gasteiger partial charge in [0.15, 0.2) is 17.5 Å². The lowest BCUT2D eigenvalue weighted by Crippen LogP contribution is -2.02. The Kier molecular flexibility index (Phi) is 10.3. The molecule has 0 fully saturated rings. The predicted molar refractivity (Wildman–Crippen MR) is 226 cm³/mol. The van der Waals surface area contributed by atoms with Gasteiger partial charge in [0.2, 0.25) is 0 Å². The molecule has 0 aliphatic carbocycles. The van der Waals surface area contributed by atoms with Gasteiger partial charge in [0.1, 0.15) is 22.7 Å². The first-order chi connectivity index (χ1) is 27.0. The average molecular weight is 716 g/mol. The summed E-state index contributed by atoms with van der Waals surface area (Å²) in [4.78, 5) is 15.5. The topological polar surface area (TPSA) is 61.0 Å². The van der Waals surface area contributed by atoms with Crippen molar-refractivity contribution in [3.63, 3.8) is 0 Å². The summed E-state index contributed by atoms with van der Waals surface area (Å²) in [6.07, 6.45) is 18.3. The van der Waals surface area contributed by atoms with Crippen LogP contribution in [0.4, 0.5) is 0 Å². The van der Waals surface area contributed by atoms with Crippen LogP contribution in [0.1, 0.15) is 36.5 Å². The number of ether oxygens (including phenoxy) is 1. The van der Waals surface area contributed by atoms with E-state index in [1.54, 1.807) is 0 Å². The molecule has 268 valence electrons. The monoisotopic (exact) mass is 715 g/mol. The zero-order valence-corrected chi connectivity index (χ0v) is 30.9. The second-order valence-corrected chi connectivity index (χ2v) is 13.6. The summed E-state index contributed by atoms with van der Waals surface area (Å²) in [5.41, 5.74) is 9.45. The van der Waals surface area contributed by atoms with Crippen molar-refractivity contribution in [2.24, 2.45) is 0 Å². The lowest BCUT2D eigenvalue weighted by Gasteiger charge is -2.14. The fraction of sp³-hybridized carbons (Fsp3) is 0.100. The Bertz CT molecular complexity index is 2660. The van der Waals surface area contributed by atoms with E-state index in [1.165, 1.54) is 5.56 Å². The average Bonchev–Trinajstić information content (AvgIpc) is 3.63. The Labute approximate surface area is 322 Å². The van der Waals surface area contributed by atoms with E-state index >= 15 is 0 Å². The second-order valence-electron chi connectivity index (χ2n) is 13.6. The number of furan rings is 1. The molecule has 1 aliphatic heterocycles. The molecule has 3 heterocycles. The van der Waals surface area contributed by atoms with Gasteiger partial charge in [0.25, 0.3) is 0 Å². The molecule has 5 aromatic carbocycles. The molecule has 0 saturated carbocycles. The highest BCUT2D eigenvalue weighted by atomic mass is 16.5. The summed E-state index contributed by atoms with van der Waals surface area (Å²) in [6, 6.07) is 39.0. The van der Waals surface area contributed by atoms with Gasteiger partial charge < -0.3 is 9.15 Å². The molecule has 0 N–H and O–H groups in total. The van der Waals surface area contributed by atoms with Crippen LogP contribution in [0.25, 0.3) is 61.7 Å². The van der Waals surface area contributed by atoms with Crippen LogP contribution in [-0.4, -0.2) is 15.0 Å². The molecular formula is C50H41N3O2. The summed E-state index contributed by atoms with van der Waals surface area (Å²) in [6.45, 7) is 10.4. The lowest BCUT2D eigenvalue weighted by molar-refractivity contribution is 0.443. The molecule has 1 aliphatic rings. The highest BCUT2D eigenvalue weighted by Gasteiger charge is 2.23. The molecule has 0 atom stereocenters. The van der Waals surface area contributed by atoms with Crippen LogP contribution in [0.15, 0.2) is 187 Å². The van der Waals surface area contributed by atoms with Crippen LogP contribution in [0.3, 0.4) is 0 Å². The molecule has 0 amide bonds. The number of hydrogen-bond acceptors (Lipinski definition) is 5.